The summed E-state index contributed by atoms with van der Waals surface area (Å²) in [7, 11) is 0. The first-order valence-corrected chi connectivity index (χ1v) is 8.75. The first kappa shape index (κ1) is 17.4. The van der Waals surface area contributed by atoms with Crippen molar-refractivity contribution in [3.05, 3.63) is 0 Å². The molecule has 0 saturated heterocycles. The summed E-state index contributed by atoms with van der Waals surface area (Å²) >= 11 is 2.15. The van der Waals surface area contributed by atoms with Crippen molar-refractivity contribution in [1.29, 1.82) is 0 Å². The molecule has 0 saturated carbocycles. The standard InChI is InChI=1S/C16H34S/c1-5-7-8-9-10-11-12-13-14-15-17-16(3,4)6-2/h5-15H2,1-4H3. The van der Waals surface area contributed by atoms with Gasteiger partial charge in [0, 0.05) is 4.75 Å². The predicted octanol–water partition coefficient (Wildman–Crippen LogP) is 6.44. The Bertz CT molecular complexity index is 152. The summed E-state index contributed by atoms with van der Waals surface area (Å²) < 4.78 is 0.500. The molecule has 1 heteroatoms. The molecule has 0 nitrogen and oxygen atoms in total. The fraction of sp³-hybridized carbons (Fsp3) is 1.00. The molecule has 0 radical (unpaired) electrons. The van der Waals surface area contributed by atoms with Crippen LogP contribution in [0.4, 0.5) is 0 Å². The van der Waals surface area contributed by atoms with Gasteiger partial charge in [-0.05, 0) is 18.6 Å². The Morgan fingerprint density at radius 2 is 1.18 bits per heavy atom. The Morgan fingerprint density at radius 1 is 0.706 bits per heavy atom. The fourth-order valence-electron chi connectivity index (χ4n) is 1.86. The second-order valence-corrected chi connectivity index (χ2v) is 7.59. The quantitative estimate of drug-likeness (QED) is 0.363. The van der Waals surface area contributed by atoms with Crippen LogP contribution in [0.1, 0.15) is 91.9 Å². The summed E-state index contributed by atoms with van der Waals surface area (Å²) in [6.45, 7) is 9.32. The lowest BCUT2D eigenvalue weighted by atomic mass is 10.1. The Labute approximate surface area is 114 Å². The molecule has 0 rings (SSSR count). The van der Waals surface area contributed by atoms with Gasteiger partial charge in [0.1, 0.15) is 0 Å². The first-order valence-electron chi connectivity index (χ1n) is 7.76. The molecule has 0 heterocycles. The van der Waals surface area contributed by atoms with E-state index in [0.29, 0.717) is 4.75 Å². The van der Waals surface area contributed by atoms with E-state index in [-0.39, 0.29) is 0 Å². The highest BCUT2D eigenvalue weighted by atomic mass is 32.2. The molecule has 0 bridgehead atoms. The van der Waals surface area contributed by atoms with Crippen molar-refractivity contribution in [2.24, 2.45) is 0 Å². The molecule has 0 aliphatic carbocycles. The maximum absolute atomic E-state index is 2.37. The van der Waals surface area contributed by atoms with Crippen LogP contribution in [-0.2, 0) is 0 Å². The highest BCUT2D eigenvalue weighted by molar-refractivity contribution is 8.00. The Balaban J connectivity index is 3.09. The average molecular weight is 259 g/mol. The minimum absolute atomic E-state index is 0.500. The second-order valence-electron chi connectivity index (χ2n) is 5.79. The van der Waals surface area contributed by atoms with Gasteiger partial charge in [-0.3, -0.25) is 0 Å². The number of rotatable bonds is 12. The smallest absolute Gasteiger partial charge is 0.0101 e. The third kappa shape index (κ3) is 12.6. The molecule has 0 aromatic rings. The van der Waals surface area contributed by atoms with Crippen molar-refractivity contribution >= 4 is 11.8 Å². The van der Waals surface area contributed by atoms with Crippen molar-refractivity contribution < 1.29 is 0 Å². The molecule has 0 spiro atoms. The number of hydrogen-bond donors (Lipinski definition) is 0. The SMILES string of the molecule is CCCCCCCCCCCSC(C)(C)CC. The molecule has 104 valence electrons. The lowest BCUT2D eigenvalue weighted by Crippen LogP contribution is -2.13. The Kier molecular flexibility index (Phi) is 11.7. The van der Waals surface area contributed by atoms with Crippen molar-refractivity contribution in [3.63, 3.8) is 0 Å². The van der Waals surface area contributed by atoms with Crippen molar-refractivity contribution in [2.45, 2.75) is 96.7 Å². The van der Waals surface area contributed by atoms with Crippen LogP contribution in [0.15, 0.2) is 0 Å². The van der Waals surface area contributed by atoms with Crippen LogP contribution in [0.3, 0.4) is 0 Å². The minimum Gasteiger partial charge on any atom is -0.156 e. The monoisotopic (exact) mass is 258 g/mol. The molecule has 0 aliphatic rings. The van der Waals surface area contributed by atoms with Gasteiger partial charge >= 0.3 is 0 Å². The first-order chi connectivity index (χ1) is 8.12. The molecule has 0 unspecified atom stereocenters. The average Bonchev–Trinajstić information content (AvgIpc) is 2.31. The topological polar surface area (TPSA) is 0 Å². The fourth-order valence-corrected chi connectivity index (χ4v) is 2.97. The zero-order valence-corrected chi connectivity index (χ0v) is 13.5. The van der Waals surface area contributed by atoms with Gasteiger partial charge in [-0.15, -0.1) is 0 Å². The zero-order valence-electron chi connectivity index (χ0n) is 12.7. The number of hydrogen-bond acceptors (Lipinski definition) is 1. The van der Waals surface area contributed by atoms with Crippen LogP contribution in [0.25, 0.3) is 0 Å². The number of unbranched alkanes of at least 4 members (excludes halogenated alkanes) is 8. The summed E-state index contributed by atoms with van der Waals surface area (Å²) in [5.74, 6) is 1.36. The lowest BCUT2D eigenvalue weighted by Gasteiger charge is -2.21. The van der Waals surface area contributed by atoms with Gasteiger partial charge in [0.05, 0.1) is 0 Å². The Hall–Kier alpha value is 0.350. The van der Waals surface area contributed by atoms with E-state index < -0.39 is 0 Å². The molecule has 0 aliphatic heterocycles. The van der Waals surface area contributed by atoms with Crippen LogP contribution >= 0.6 is 11.8 Å². The summed E-state index contributed by atoms with van der Waals surface area (Å²) in [6.07, 6.45) is 14.3. The second kappa shape index (κ2) is 11.4. The normalized spacial score (nSPS) is 12.0. The molecule has 17 heavy (non-hydrogen) atoms. The van der Waals surface area contributed by atoms with Crippen LogP contribution in [-0.4, -0.2) is 10.5 Å². The van der Waals surface area contributed by atoms with E-state index in [1.54, 1.807) is 0 Å². The van der Waals surface area contributed by atoms with Crippen LogP contribution in [0.5, 0.6) is 0 Å². The van der Waals surface area contributed by atoms with Crippen molar-refractivity contribution in [1.82, 2.24) is 0 Å². The highest BCUT2D eigenvalue weighted by Gasteiger charge is 2.14. The predicted molar refractivity (Wildman–Crippen MR) is 84.1 cm³/mol. The van der Waals surface area contributed by atoms with E-state index >= 15 is 0 Å². The third-order valence-electron chi connectivity index (χ3n) is 3.59. The third-order valence-corrected chi connectivity index (χ3v) is 5.16. The van der Waals surface area contributed by atoms with E-state index in [0.717, 1.165) is 0 Å². The molecular weight excluding hydrogens is 224 g/mol. The molecule has 0 N–H and O–H groups in total. The molecule has 0 aromatic carbocycles. The van der Waals surface area contributed by atoms with Gasteiger partial charge < -0.3 is 0 Å². The maximum Gasteiger partial charge on any atom is 0.0101 e. The number of thioether (sulfide) groups is 1. The molecular formula is C16H34S. The minimum atomic E-state index is 0.500. The van der Waals surface area contributed by atoms with E-state index in [4.69, 9.17) is 0 Å². The molecule has 0 aromatic heterocycles. The van der Waals surface area contributed by atoms with Gasteiger partial charge in [0.15, 0.2) is 0 Å². The van der Waals surface area contributed by atoms with E-state index in [2.05, 4.69) is 39.5 Å². The highest BCUT2D eigenvalue weighted by Crippen LogP contribution is 2.28. The van der Waals surface area contributed by atoms with Crippen molar-refractivity contribution in [2.75, 3.05) is 5.75 Å². The Morgan fingerprint density at radius 3 is 1.65 bits per heavy atom. The van der Waals surface area contributed by atoms with E-state index in [1.165, 1.54) is 70.0 Å². The van der Waals surface area contributed by atoms with Crippen LogP contribution in [0, 0.1) is 0 Å². The largest absolute Gasteiger partial charge is 0.156 e. The van der Waals surface area contributed by atoms with Crippen LogP contribution < -0.4 is 0 Å². The molecule has 0 fully saturated rings. The lowest BCUT2D eigenvalue weighted by molar-refractivity contribution is 0.572. The van der Waals surface area contributed by atoms with Crippen molar-refractivity contribution in [3.8, 4) is 0 Å². The van der Waals surface area contributed by atoms with E-state index in [9.17, 15) is 0 Å². The zero-order chi connectivity index (χ0) is 13.0. The summed E-state index contributed by atoms with van der Waals surface area (Å²) in [5, 5.41) is 0. The van der Waals surface area contributed by atoms with Crippen LogP contribution in [0.2, 0.25) is 0 Å². The summed E-state index contributed by atoms with van der Waals surface area (Å²) in [4.78, 5) is 0. The van der Waals surface area contributed by atoms with Gasteiger partial charge in [0.25, 0.3) is 0 Å². The van der Waals surface area contributed by atoms with Gasteiger partial charge in [-0.25, -0.2) is 0 Å². The van der Waals surface area contributed by atoms with E-state index in [1.807, 2.05) is 0 Å². The van der Waals surface area contributed by atoms with Gasteiger partial charge in [-0.1, -0.05) is 79.1 Å². The molecule has 0 amide bonds. The maximum atomic E-state index is 2.37. The van der Waals surface area contributed by atoms with Gasteiger partial charge in [-0.2, -0.15) is 11.8 Å². The summed E-state index contributed by atoms with van der Waals surface area (Å²) in [6, 6.07) is 0. The molecule has 0 atom stereocenters. The summed E-state index contributed by atoms with van der Waals surface area (Å²) in [5.41, 5.74) is 0. The van der Waals surface area contributed by atoms with Gasteiger partial charge in [0.2, 0.25) is 0 Å².